The lowest BCUT2D eigenvalue weighted by molar-refractivity contribution is 0.200. The molecular formula is C33H44N7O2P. The predicted molar refractivity (Wildman–Crippen MR) is 179 cm³/mol. The van der Waals surface area contributed by atoms with Gasteiger partial charge >= 0.3 is 0 Å². The third-order valence-electron chi connectivity index (χ3n) is 8.68. The van der Waals surface area contributed by atoms with E-state index in [1.54, 1.807) is 14.2 Å². The molecule has 4 aromatic rings. The lowest BCUT2D eigenvalue weighted by Crippen LogP contribution is -2.44. The van der Waals surface area contributed by atoms with Gasteiger partial charge in [0.15, 0.2) is 0 Å². The van der Waals surface area contributed by atoms with Gasteiger partial charge in [-0.05, 0) is 86.5 Å². The predicted octanol–water partition coefficient (Wildman–Crippen LogP) is 7.11. The number of benzene rings is 2. The van der Waals surface area contributed by atoms with E-state index in [-0.39, 0.29) is 0 Å². The molecule has 6 rings (SSSR count). The molecule has 1 aliphatic heterocycles. The molecule has 2 fully saturated rings. The Morgan fingerprint density at radius 2 is 1.77 bits per heavy atom. The molecule has 9 nitrogen and oxygen atoms in total. The zero-order valence-corrected chi connectivity index (χ0v) is 26.8. The molecule has 0 atom stereocenters. The van der Waals surface area contributed by atoms with Gasteiger partial charge in [0.05, 0.1) is 16.4 Å². The van der Waals surface area contributed by atoms with Gasteiger partial charge in [-0.25, -0.2) is 0 Å². The summed E-state index contributed by atoms with van der Waals surface area (Å²) in [6.45, 7) is 8.01. The van der Waals surface area contributed by atoms with Crippen LogP contribution in [-0.4, -0.2) is 66.8 Å². The van der Waals surface area contributed by atoms with Crippen molar-refractivity contribution in [1.29, 1.82) is 0 Å². The van der Waals surface area contributed by atoms with Crippen LogP contribution in [0.4, 0.5) is 28.8 Å². The minimum Gasteiger partial charge on any atom is -0.371 e. The number of rotatable bonds is 12. The molecule has 2 aromatic carbocycles. The van der Waals surface area contributed by atoms with Crippen LogP contribution in [-0.2, 0) is 9.05 Å². The molecule has 0 spiro atoms. The van der Waals surface area contributed by atoms with Gasteiger partial charge in [-0.15, -0.1) is 0 Å². The van der Waals surface area contributed by atoms with Crippen LogP contribution < -0.4 is 20.8 Å². The van der Waals surface area contributed by atoms with E-state index in [9.17, 15) is 0 Å². The first-order valence-corrected chi connectivity index (χ1v) is 16.6. The Morgan fingerprint density at radius 3 is 2.49 bits per heavy atom. The van der Waals surface area contributed by atoms with Crippen molar-refractivity contribution in [2.24, 2.45) is 5.92 Å². The molecule has 0 unspecified atom stereocenters. The van der Waals surface area contributed by atoms with E-state index in [2.05, 4.69) is 64.5 Å². The van der Waals surface area contributed by atoms with E-state index in [1.165, 1.54) is 43.5 Å². The molecule has 43 heavy (non-hydrogen) atoms. The maximum atomic E-state index is 5.60. The summed E-state index contributed by atoms with van der Waals surface area (Å²) < 4.78 is 11.2. The van der Waals surface area contributed by atoms with Crippen LogP contribution >= 0.6 is 8.38 Å². The van der Waals surface area contributed by atoms with E-state index in [0.717, 1.165) is 46.7 Å². The van der Waals surface area contributed by atoms with Gasteiger partial charge in [-0.3, -0.25) is 0 Å². The van der Waals surface area contributed by atoms with Crippen molar-refractivity contribution in [2.45, 2.75) is 51.5 Å². The van der Waals surface area contributed by atoms with Gasteiger partial charge in [0, 0.05) is 57.5 Å². The van der Waals surface area contributed by atoms with Gasteiger partial charge in [0.2, 0.25) is 14.3 Å². The summed E-state index contributed by atoms with van der Waals surface area (Å²) in [7, 11) is 4.44. The molecule has 3 N–H and O–H groups in total. The second-order valence-corrected chi connectivity index (χ2v) is 13.8. The van der Waals surface area contributed by atoms with Crippen molar-refractivity contribution in [2.75, 3.05) is 56.4 Å². The number of piperidine rings is 1. The average molecular weight is 602 g/mol. The van der Waals surface area contributed by atoms with Crippen molar-refractivity contribution in [3.05, 3.63) is 60.3 Å². The second kappa shape index (κ2) is 13.2. The molecule has 2 aromatic heterocycles. The molecule has 10 heteroatoms. The van der Waals surface area contributed by atoms with E-state index in [4.69, 9.17) is 19.0 Å². The Balaban J connectivity index is 1.21. The molecule has 0 radical (unpaired) electrons. The maximum absolute atomic E-state index is 5.60. The van der Waals surface area contributed by atoms with Crippen molar-refractivity contribution in [3.8, 4) is 0 Å². The van der Waals surface area contributed by atoms with Crippen LogP contribution in [0, 0.1) is 5.92 Å². The van der Waals surface area contributed by atoms with Crippen LogP contribution in [0.15, 0.2) is 54.7 Å². The largest absolute Gasteiger partial charge is 0.371 e. The summed E-state index contributed by atoms with van der Waals surface area (Å²) >= 11 is 0. The maximum Gasteiger partial charge on any atom is 0.231 e. The van der Waals surface area contributed by atoms with Crippen molar-refractivity contribution >= 4 is 53.5 Å². The molecule has 228 valence electrons. The second-order valence-electron chi connectivity index (χ2n) is 12.1. The fourth-order valence-corrected chi connectivity index (χ4v) is 7.22. The summed E-state index contributed by atoms with van der Waals surface area (Å²) in [4.78, 5) is 18.1. The fraction of sp³-hybridized carbons (Fsp3) is 0.455. The highest BCUT2D eigenvalue weighted by atomic mass is 31.2. The van der Waals surface area contributed by atoms with Crippen LogP contribution in [0.3, 0.4) is 0 Å². The van der Waals surface area contributed by atoms with Gasteiger partial charge in [-0.2, -0.15) is 9.97 Å². The molecule has 2 aliphatic rings. The molecular weight excluding hydrogens is 557 g/mol. The van der Waals surface area contributed by atoms with Crippen LogP contribution in [0.5, 0.6) is 0 Å². The Hall–Kier alpha value is -3.23. The van der Waals surface area contributed by atoms with Gasteiger partial charge in [0.1, 0.15) is 11.5 Å². The smallest absolute Gasteiger partial charge is 0.231 e. The van der Waals surface area contributed by atoms with Crippen molar-refractivity contribution in [3.63, 3.8) is 0 Å². The monoisotopic (exact) mass is 601 g/mol. The molecule has 1 saturated heterocycles. The average Bonchev–Trinajstić information content (AvgIpc) is 3.71. The SMILES string of the molecule is COP(OC)c1ccccc1Nc1nc(Nc2ccc(N3CCC(N(C)CC4CC4)CC3)c(C(C)C)c2)nc2[nH]ccc12. The van der Waals surface area contributed by atoms with Gasteiger partial charge < -0.3 is 34.5 Å². The Kier molecular flexibility index (Phi) is 9.14. The number of aromatic amines is 1. The number of fused-ring (bicyclic) bond motifs is 1. The first-order valence-electron chi connectivity index (χ1n) is 15.4. The lowest BCUT2D eigenvalue weighted by atomic mass is 9.96. The van der Waals surface area contributed by atoms with Crippen molar-refractivity contribution < 1.29 is 9.05 Å². The molecule has 0 amide bonds. The first-order chi connectivity index (χ1) is 20.9. The van der Waals surface area contributed by atoms with E-state index in [0.29, 0.717) is 23.7 Å². The third-order valence-corrected chi connectivity index (χ3v) is 10.1. The van der Waals surface area contributed by atoms with Gasteiger partial charge in [0.25, 0.3) is 0 Å². The van der Waals surface area contributed by atoms with E-state index >= 15 is 0 Å². The van der Waals surface area contributed by atoms with Gasteiger partial charge in [-0.1, -0.05) is 26.0 Å². The normalized spacial score (nSPS) is 16.1. The minimum absolute atomic E-state index is 0.393. The Labute approximate surface area is 256 Å². The molecule has 1 aliphatic carbocycles. The fourth-order valence-electron chi connectivity index (χ4n) is 6.15. The first kappa shape index (κ1) is 29.8. The third kappa shape index (κ3) is 6.80. The van der Waals surface area contributed by atoms with Crippen LogP contribution in [0.1, 0.15) is 51.0 Å². The van der Waals surface area contributed by atoms with E-state index < -0.39 is 8.38 Å². The molecule has 0 bridgehead atoms. The highest BCUT2D eigenvalue weighted by molar-refractivity contribution is 7.56. The topological polar surface area (TPSA) is 90.6 Å². The highest BCUT2D eigenvalue weighted by Crippen LogP contribution is 2.39. The number of aromatic nitrogens is 3. The number of nitrogens with zero attached hydrogens (tertiary/aromatic N) is 4. The zero-order chi connectivity index (χ0) is 29.9. The zero-order valence-electron chi connectivity index (χ0n) is 25.9. The number of hydrogen-bond donors (Lipinski definition) is 3. The number of anilines is 5. The summed E-state index contributed by atoms with van der Waals surface area (Å²) in [5.41, 5.74) is 5.31. The van der Waals surface area contributed by atoms with Crippen molar-refractivity contribution in [1.82, 2.24) is 19.9 Å². The molecule has 3 heterocycles. The lowest BCUT2D eigenvalue weighted by Gasteiger charge is -2.39. The highest BCUT2D eigenvalue weighted by Gasteiger charge is 2.29. The Morgan fingerprint density at radius 1 is 1.00 bits per heavy atom. The summed E-state index contributed by atoms with van der Waals surface area (Å²) in [6.07, 6.45) is 7.16. The Bertz CT molecular complexity index is 1530. The number of hydrogen-bond acceptors (Lipinski definition) is 8. The number of nitrogens with one attached hydrogen (secondary N) is 3. The summed E-state index contributed by atoms with van der Waals surface area (Å²) in [6, 6.07) is 17.4. The quantitative estimate of drug-likeness (QED) is 0.148. The number of H-pyrrole nitrogens is 1. The van der Waals surface area contributed by atoms with Crippen LogP contribution in [0.2, 0.25) is 0 Å². The van der Waals surface area contributed by atoms with E-state index in [1.807, 2.05) is 36.5 Å². The minimum atomic E-state index is -1.21. The molecule has 1 saturated carbocycles. The van der Waals surface area contributed by atoms with Crippen LogP contribution in [0.25, 0.3) is 11.0 Å². The standard InChI is InChI=1S/C33H44N7O2P/c1-22(2)27-20-24(12-13-29(27)40-18-15-25(16-19-40)39(3)21-23-10-11-23)35-33-37-31-26(14-17-34-31)32(38-33)36-28-8-6-7-9-30(28)43(41-4)42-5/h6-9,12-14,17,20,22-23,25H,10-11,15-16,18-19,21H2,1-5H3,(H3,34,35,36,37,38). The summed E-state index contributed by atoms with van der Waals surface area (Å²) in [5, 5.41) is 8.87. The summed E-state index contributed by atoms with van der Waals surface area (Å²) in [5.74, 6) is 2.57. The number of para-hydroxylation sites is 1.